The number of hydrogen-bond acceptors (Lipinski definition) is 6. The Balaban J connectivity index is 1.57. The summed E-state index contributed by atoms with van der Waals surface area (Å²) in [6.07, 6.45) is 1.05. The van der Waals surface area contributed by atoms with E-state index in [9.17, 15) is 24.0 Å². The van der Waals surface area contributed by atoms with Crippen LogP contribution in [0, 0.1) is 5.92 Å². The standard InChI is InChI=1S/C18H17N3O6/c22-13-5-4-12(15(23)20-13)21-16(24)10-2-1-3-11(14(10)17(21)25)19-9-6-8(7-9)18(26)27/h1-3,8-9,12,19H,4-7H2,(H,26,27)(H,20,22,23)/t8-,9-,12?. The van der Waals surface area contributed by atoms with E-state index in [0.29, 0.717) is 18.5 Å². The highest BCUT2D eigenvalue weighted by Crippen LogP contribution is 2.36. The molecule has 140 valence electrons. The van der Waals surface area contributed by atoms with Crippen LogP contribution in [-0.4, -0.2) is 51.7 Å². The molecule has 3 N–H and O–H groups in total. The molecule has 2 heterocycles. The molecule has 4 amide bonds. The van der Waals surface area contributed by atoms with Crippen LogP contribution in [0.5, 0.6) is 0 Å². The topological polar surface area (TPSA) is 133 Å². The summed E-state index contributed by atoms with van der Waals surface area (Å²) in [6, 6.07) is 3.71. The maximum atomic E-state index is 12.9. The highest BCUT2D eigenvalue weighted by molar-refractivity contribution is 6.25. The van der Waals surface area contributed by atoms with E-state index in [1.165, 1.54) is 6.07 Å². The van der Waals surface area contributed by atoms with E-state index in [0.717, 1.165) is 4.90 Å². The fourth-order valence-corrected chi connectivity index (χ4v) is 3.79. The zero-order chi connectivity index (χ0) is 19.3. The quantitative estimate of drug-likeness (QED) is 0.651. The maximum Gasteiger partial charge on any atom is 0.306 e. The second kappa shape index (κ2) is 6.19. The number of carbonyl (C=O) groups excluding carboxylic acids is 4. The summed E-state index contributed by atoms with van der Waals surface area (Å²) in [5.74, 6) is -3.48. The number of carboxylic acid groups (broad SMARTS) is 1. The van der Waals surface area contributed by atoms with Gasteiger partial charge in [0.15, 0.2) is 0 Å². The Bertz CT molecular complexity index is 889. The smallest absolute Gasteiger partial charge is 0.306 e. The molecule has 2 aliphatic heterocycles. The molecule has 3 aliphatic rings. The van der Waals surface area contributed by atoms with E-state index in [-0.39, 0.29) is 30.0 Å². The number of hydrogen-bond donors (Lipinski definition) is 3. The molecule has 9 heteroatoms. The number of carboxylic acids is 1. The molecular weight excluding hydrogens is 354 g/mol. The molecule has 1 atom stereocenters. The van der Waals surface area contributed by atoms with Crippen LogP contribution in [0.4, 0.5) is 5.69 Å². The van der Waals surface area contributed by atoms with Crippen LogP contribution in [0.1, 0.15) is 46.4 Å². The van der Waals surface area contributed by atoms with Gasteiger partial charge in [-0.05, 0) is 31.4 Å². The van der Waals surface area contributed by atoms with Crippen LogP contribution in [0.15, 0.2) is 18.2 Å². The number of amides is 4. The summed E-state index contributed by atoms with van der Waals surface area (Å²) in [5.41, 5.74) is 0.837. The van der Waals surface area contributed by atoms with Crippen molar-refractivity contribution in [2.45, 2.75) is 37.8 Å². The molecule has 1 aliphatic carbocycles. The van der Waals surface area contributed by atoms with Gasteiger partial charge < -0.3 is 10.4 Å². The summed E-state index contributed by atoms with van der Waals surface area (Å²) < 4.78 is 0. The number of rotatable bonds is 4. The van der Waals surface area contributed by atoms with Crippen molar-refractivity contribution < 1.29 is 29.1 Å². The van der Waals surface area contributed by atoms with Crippen molar-refractivity contribution in [3.05, 3.63) is 29.3 Å². The number of benzene rings is 1. The third kappa shape index (κ3) is 2.75. The number of imide groups is 2. The van der Waals surface area contributed by atoms with Gasteiger partial charge >= 0.3 is 5.97 Å². The summed E-state index contributed by atoms with van der Waals surface area (Å²) in [4.78, 5) is 60.9. The molecule has 1 saturated heterocycles. The van der Waals surface area contributed by atoms with Crippen molar-refractivity contribution in [1.29, 1.82) is 0 Å². The Hall–Kier alpha value is -3.23. The van der Waals surface area contributed by atoms with Gasteiger partial charge in [-0.15, -0.1) is 0 Å². The van der Waals surface area contributed by atoms with Crippen molar-refractivity contribution in [2.75, 3.05) is 5.32 Å². The van der Waals surface area contributed by atoms with Gasteiger partial charge in [0.1, 0.15) is 6.04 Å². The second-order valence-corrected chi connectivity index (χ2v) is 7.02. The lowest BCUT2D eigenvalue weighted by molar-refractivity contribution is -0.144. The van der Waals surface area contributed by atoms with Crippen molar-refractivity contribution in [1.82, 2.24) is 10.2 Å². The Morgan fingerprint density at radius 1 is 1.15 bits per heavy atom. The molecule has 1 aromatic carbocycles. The van der Waals surface area contributed by atoms with E-state index in [2.05, 4.69) is 10.6 Å². The normalized spacial score (nSPS) is 27.1. The number of anilines is 1. The molecular formula is C18H17N3O6. The molecule has 1 saturated carbocycles. The van der Waals surface area contributed by atoms with Crippen LogP contribution in [0.25, 0.3) is 0 Å². The minimum atomic E-state index is -1.01. The van der Waals surface area contributed by atoms with Gasteiger partial charge in [-0.1, -0.05) is 6.07 Å². The molecule has 2 fully saturated rings. The van der Waals surface area contributed by atoms with Gasteiger partial charge in [-0.3, -0.25) is 34.2 Å². The average molecular weight is 371 g/mol. The first-order valence-corrected chi connectivity index (χ1v) is 8.70. The molecule has 9 nitrogen and oxygen atoms in total. The SMILES string of the molecule is O=C1CCC(N2C(=O)c3cccc(N[C@H]4C[C@H](C(=O)O)C4)c3C2=O)C(=O)N1. The highest BCUT2D eigenvalue weighted by Gasteiger charge is 2.46. The Morgan fingerprint density at radius 3 is 2.56 bits per heavy atom. The maximum absolute atomic E-state index is 12.9. The molecule has 0 bridgehead atoms. The van der Waals surface area contributed by atoms with Crippen molar-refractivity contribution >= 4 is 35.3 Å². The fraction of sp³-hybridized carbons (Fsp3) is 0.389. The Labute approximate surface area is 153 Å². The van der Waals surface area contributed by atoms with Crippen LogP contribution in [0.3, 0.4) is 0 Å². The molecule has 1 unspecified atom stereocenters. The van der Waals surface area contributed by atoms with E-state index >= 15 is 0 Å². The van der Waals surface area contributed by atoms with E-state index in [1.54, 1.807) is 12.1 Å². The van der Waals surface area contributed by atoms with Gasteiger partial charge in [0.2, 0.25) is 11.8 Å². The third-order valence-corrected chi connectivity index (χ3v) is 5.32. The largest absolute Gasteiger partial charge is 0.481 e. The predicted molar refractivity (Wildman–Crippen MR) is 90.9 cm³/mol. The number of nitrogens with zero attached hydrogens (tertiary/aromatic N) is 1. The van der Waals surface area contributed by atoms with E-state index < -0.39 is 41.6 Å². The van der Waals surface area contributed by atoms with Crippen LogP contribution < -0.4 is 10.6 Å². The number of fused-ring (bicyclic) bond motifs is 1. The molecule has 0 aromatic heterocycles. The number of carbonyl (C=O) groups is 5. The van der Waals surface area contributed by atoms with Crippen molar-refractivity contribution in [2.24, 2.45) is 5.92 Å². The van der Waals surface area contributed by atoms with Gasteiger partial charge in [0, 0.05) is 18.2 Å². The fourth-order valence-electron chi connectivity index (χ4n) is 3.79. The second-order valence-electron chi connectivity index (χ2n) is 7.02. The zero-order valence-corrected chi connectivity index (χ0v) is 14.2. The lowest BCUT2D eigenvalue weighted by Crippen LogP contribution is -2.54. The molecule has 0 spiro atoms. The average Bonchev–Trinajstić information content (AvgIpc) is 2.83. The number of nitrogens with one attached hydrogen (secondary N) is 2. The Morgan fingerprint density at radius 2 is 1.89 bits per heavy atom. The van der Waals surface area contributed by atoms with Gasteiger partial charge in [0.05, 0.1) is 17.0 Å². The highest BCUT2D eigenvalue weighted by atomic mass is 16.4. The van der Waals surface area contributed by atoms with Crippen LogP contribution in [-0.2, 0) is 14.4 Å². The van der Waals surface area contributed by atoms with E-state index in [1.807, 2.05) is 0 Å². The summed E-state index contributed by atoms with van der Waals surface area (Å²) in [7, 11) is 0. The van der Waals surface area contributed by atoms with Crippen LogP contribution in [0.2, 0.25) is 0 Å². The Kier molecular flexibility index (Phi) is 3.94. The van der Waals surface area contributed by atoms with Crippen molar-refractivity contribution in [3.8, 4) is 0 Å². The third-order valence-electron chi connectivity index (χ3n) is 5.32. The molecule has 27 heavy (non-hydrogen) atoms. The first kappa shape index (κ1) is 17.2. The monoisotopic (exact) mass is 371 g/mol. The summed E-state index contributed by atoms with van der Waals surface area (Å²) in [6.45, 7) is 0. The number of aliphatic carboxylic acids is 1. The van der Waals surface area contributed by atoms with Gasteiger partial charge in [-0.2, -0.15) is 0 Å². The lowest BCUT2D eigenvalue weighted by Gasteiger charge is -2.34. The minimum absolute atomic E-state index is 0.0631. The molecule has 0 radical (unpaired) electrons. The minimum Gasteiger partial charge on any atom is -0.481 e. The van der Waals surface area contributed by atoms with E-state index in [4.69, 9.17) is 5.11 Å². The predicted octanol–water partition coefficient (Wildman–Crippen LogP) is 0.363. The number of piperidine rings is 1. The molecule has 4 rings (SSSR count). The lowest BCUT2D eigenvalue weighted by atomic mass is 9.80. The summed E-state index contributed by atoms with van der Waals surface area (Å²) in [5, 5.41) is 14.3. The zero-order valence-electron chi connectivity index (χ0n) is 14.2. The van der Waals surface area contributed by atoms with Gasteiger partial charge in [0.25, 0.3) is 11.8 Å². The van der Waals surface area contributed by atoms with Gasteiger partial charge in [-0.25, -0.2) is 0 Å². The molecule has 1 aromatic rings. The van der Waals surface area contributed by atoms with Crippen LogP contribution >= 0.6 is 0 Å². The first-order chi connectivity index (χ1) is 12.9. The van der Waals surface area contributed by atoms with Crippen molar-refractivity contribution in [3.63, 3.8) is 0 Å². The summed E-state index contributed by atoms with van der Waals surface area (Å²) >= 11 is 0. The first-order valence-electron chi connectivity index (χ1n) is 8.70.